The summed E-state index contributed by atoms with van der Waals surface area (Å²) >= 11 is 0. The zero-order valence-electron chi connectivity index (χ0n) is 14.8. The van der Waals surface area contributed by atoms with Crippen LogP contribution in [0, 0.1) is 0 Å². The van der Waals surface area contributed by atoms with Gasteiger partial charge in [0.05, 0.1) is 19.6 Å². The lowest BCUT2D eigenvalue weighted by atomic mass is 10.2. The number of hydrogen-bond donors (Lipinski definition) is 0. The molecule has 0 radical (unpaired) electrons. The van der Waals surface area contributed by atoms with Gasteiger partial charge in [0.25, 0.3) is 0 Å². The van der Waals surface area contributed by atoms with Crippen molar-refractivity contribution in [3.8, 4) is 0 Å². The molecule has 2 aromatic rings. The van der Waals surface area contributed by atoms with Gasteiger partial charge in [0.1, 0.15) is 11.3 Å². The van der Waals surface area contributed by atoms with Crippen LogP contribution >= 0.6 is 0 Å². The van der Waals surface area contributed by atoms with Crippen LogP contribution in [0.15, 0.2) is 40.8 Å². The maximum absolute atomic E-state index is 12.6. The monoisotopic (exact) mass is 357 g/mol. The Hall–Kier alpha value is -2.60. The molecule has 26 heavy (non-hydrogen) atoms. The Morgan fingerprint density at radius 3 is 2.92 bits per heavy atom. The van der Waals surface area contributed by atoms with E-state index in [2.05, 4.69) is 4.74 Å². The highest BCUT2D eigenvalue weighted by Gasteiger charge is 2.22. The van der Waals surface area contributed by atoms with Gasteiger partial charge >= 0.3 is 5.97 Å². The van der Waals surface area contributed by atoms with Crippen LogP contribution in [0.25, 0.3) is 17.0 Å². The Bertz CT molecular complexity index is 755. The SMILES string of the molecule is COC(=O)CCN(CC1CCCO1)C(=O)/C=C/c1cc2ccccc2o1. The van der Waals surface area contributed by atoms with Crippen LogP contribution in [0.2, 0.25) is 0 Å². The van der Waals surface area contributed by atoms with Crippen LogP contribution in [-0.2, 0) is 19.1 Å². The number of benzene rings is 1. The third-order valence-electron chi connectivity index (χ3n) is 4.41. The summed E-state index contributed by atoms with van der Waals surface area (Å²) in [5, 5.41) is 0.988. The van der Waals surface area contributed by atoms with Gasteiger partial charge in [0.15, 0.2) is 0 Å². The first-order valence-electron chi connectivity index (χ1n) is 8.79. The van der Waals surface area contributed by atoms with E-state index in [-0.39, 0.29) is 24.4 Å². The van der Waals surface area contributed by atoms with Crippen LogP contribution in [0.4, 0.5) is 0 Å². The molecule has 1 unspecified atom stereocenters. The summed E-state index contributed by atoms with van der Waals surface area (Å²) in [5.41, 5.74) is 0.779. The number of ether oxygens (including phenoxy) is 2. The molecule has 2 heterocycles. The molecule has 0 aliphatic carbocycles. The van der Waals surface area contributed by atoms with Gasteiger partial charge in [0, 0.05) is 31.2 Å². The number of furan rings is 1. The van der Waals surface area contributed by atoms with Gasteiger partial charge in [0.2, 0.25) is 5.91 Å². The number of amides is 1. The first-order valence-corrected chi connectivity index (χ1v) is 8.79. The molecule has 0 N–H and O–H groups in total. The molecule has 1 aliphatic rings. The summed E-state index contributed by atoms with van der Waals surface area (Å²) in [5.74, 6) is 0.103. The summed E-state index contributed by atoms with van der Waals surface area (Å²) in [6, 6.07) is 9.57. The standard InChI is InChI=1S/C20H23NO5/c1-24-20(23)10-11-21(14-17-6-4-12-25-17)19(22)9-8-16-13-15-5-2-3-7-18(15)26-16/h2-3,5,7-9,13,17H,4,6,10-12,14H2,1H3/b9-8+. The van der Waals surface area contributed by atoms with Gasteiger partial charge in [-0.3, -0.25) is 9.59 Å². The van der Waals surface area contributed by atoms with Crippen LogP contribution in [0.1, 0.15) is 25.0 Å². The van der Waals surface area contributed by atoms with Gasteiger partial charge < -0.3 is 18.8 Å². The number of hydrogen-bond acceptors (Lipinski definition) is 5. The van der Waals surface area contributed by atoms with Crippen molar-refractivity contribution >= 4 is 28.9 Å². The number of rotatable bonds is 7. The van der Waals surface area contributed by atoms with Crippen molar-refractivity contribution in [3.05, 3.63) is 42.2 Å². The normalized spacial score (nSPS) is 17.0. The van der Waals surface area contributed by atoms with E-state index >= 15 is 0 Å². The molecule has 0 bridgehead atoms. The number of fused-ring (bicyclic) bond motifs is 1. The fourth-order valence-corrected chi connectivity index (χ4v) is 3.00. The zero-order valence-corrected chi connectivity index (χ0v) is 14.8. The first kappa shape index (κ1) is 18.2. The first-order chi connectivity index (χ1) is 12.7. The highest BCUT2D eigenvalue weighted by Crippen LogP contribution is 2.20. The average molecular weight is 357 g/mol. The second-order valence-electron chi connectivity index (χ2n) is 6.27. The molecule has 0 spiro atoms. The van der Waals surface area contributed by atoms with E-state index in [1.54, 1.807) is 11.0 Å². The van der Waals surface area contributed by atoms with Crippen molar-refractivity contribution < 1.29 is 23.5 Å². The summed E-state index contributed by atoms with van der Waals surface area (Å²) in [4.78, 5) is 25.7. The van der Waals surface area contributed by atoms with E-state index in [0.29, 0.717) is 18.8 Å². The van der Waals surface area contributed by atoms with Gasteiger partial charge in [-0.25, -0.2) is 0 Å². The lowest BCUT2D eigenvalue weighted by molar-refractivity contribution is -0.141. The van der Waals surface area contributed by atoms with E-state index in [1.807, 2.05) is 30.3 Å². The number of nitrogens with zero attached hydrogens (tertiary/aromatic N) is 1. The molecular weight excluding hydrogens is 334 g/mol. The Balaban J connectivity index is 1.67. The van der Waals surface area contributed by atoms with Crippen molar-refractivity contribution in [1.29, 1.82) is 0 Å². The Labute approximate surface area is 152 Å². The maximum atomic E-state index is 12.6. The van der Waals surface area contributed by atoms with Crippen molar-refractivity contribution in [2.24, 2.45) is 0 Å². The van der Waals surface area contributed by atoms with Crippen LogP contribution < -0.4 is 0 Å². The molecule has 1 saturated heterocycles. The Morgan fingerprint density at radius 2 is 2.19 bits per heavy atom. The summed E-state index contributed by atoms with van der Waals surface area (Å²) in [7, 11) is 1.34. The molecule has 1 atom stereocenters. The maximum Gasteiger partial charge on any atom is 0.307 e. The molecule has 6 heteroatoms. The second kappa shape index (κ2) is 8.67. The van der Waals surface area contributed by atoms with Crippen molar-refractivity contribution in [3.63, 3.8) is 0 Å². The topological polar surface area (TPSA) is 69.0 Å². The molecule has 1 aromatic carbocycles. The minimum Gasteiger partial charge on any atom is -0.469 e. The zero-order chi connectivity index (χ0) is 18.4. The fraction of sp³-hybridized carbons (Fsp3) is 0.400. The van der Waals surface area contributed by atoms with Gasteiger partial charge in [-0.2, -0.15) is 0 Å². The van der Waals surface area contributed by atoms with E-state index in [0.717, 1.165) is 30.4 Å². The minimum absolute atomic E-state index is 0.0243. The van der Waals surface area contributed by atoms with Crippen LogP contribution in [0.3, 0.4) is 0 Å². The van der Waals surface area contributed by atoms with Crippen molar-refractivity contribution in [2.45, 2.75) is 25.4 Å². The van der Waals surface area contributed by atoms with E-state index in [1.165, 1.54) is 13.2 Å². The molecule has 0 saturated carbocycles. The van der Waals surface area contributed by atoms with Crippen molar-refractivity contribution in [2.75, 3.05) is 26.8 Å². The predicted octanol–water partition coefficient (Wildman–Crippen LogP) is 3.02. The summed E-state index contributed by atoms with van der Waals surface area (Å²) < 4.78 is 16.0. The average Bonchev–Trinajstić information content (AvgIpc) is 3.31. The third-order valence-corrected chi connectivity index (χ3v) is 4.41. The number of methoxy groups -OCH3 is 1. The molecule has 6 nitrogen and oxygen atoms in total. The fourth-order valence-electron chi connectivity index (χ4n) is 3.00. The van der Waals surface area contributed by atoms with Crippen molar-refractivity contribution in [1.82, 2.24) is 4.90 Å². The van der Waals surface area contributed by atoms with Gasteiger partial charge in [-0.1, -0.05) is 18.2 Å². The lowest BCUT2D eigenvalue weighted by Crippen LogP contribution is -2.37. The van der Waals surface area contributed by atoms with E-state index < -0.39 is 0 Å². The van der Waals surface area contributed by atoms with Gasteiger partial charge in [-0.15, -0.1) is 0 Å². The number of esters is 1. The molecule has 3 rings (SSSR count). The summed E-state index contributed by atoms with van der Waals surface area (Å²) in [6.45, 7) is 1.49. The van der Waals surface area contributed by atoms with Crippen LogP contribution in [-0.4, -0.2) is 49.7 Å². The van der Waals surface area contributed by atoms with E-state index in [4.69, 9.17) is 9.15 Å². The minimum atomic E-state index is -0.337. The van der Waals surface area contributed by atoms with E-state index in [9.17, 15) is 9.59 Å². The molecule has 1 amide bonds. The summed E-state index contributed by atoms with van der Waals surface area (Å²) in [6.07, 6.45) is 5.24. The lowest BCUT2D eigenvalue weighted by Gasteiger charge is -2.23. The third kappa shape index (κ3) is 4.73. The largest absolute Gasteiger partial charge is 0.469 e. The van der Waals surface area contributed by atoms with Gasteiger partial charge in [-0.05, 0) is 31.1 Å². The Kier molecular flexibility index (Phi) is 6.07. The number of carbonyl (C=O) groups excluding carboxylic acids is 2. The molecular formula is C20H23NO5. The number of carbonyl (C=O) groups is 2. The molecule has 1 fully saturated rings. The molecule has 138 valence electrons. The van der Waals surface area contributed by atoms with Crippen LogP contribution in [0.5, 0.6) is 0 Å². The second-order valence-corrected chi connectivity index (χ2v) is 6.27. The Morgan fingerprint density at radius 1 is 1.35 bits per heavy atom. The highest BCUT2D eigenvalue weighted by atomic mass is 16.5. The predicted molar refractivity (Wildman–Crippen MR) is 97.4 cm³/mol. The highest BCUT2D eigenvalue weighted by molar-refractivity contribution is 5.92. The number of para-hydroxylation sites is 1. The molecule has 1 aromatic heterocycles. The smallest absolute Gasteiger partial charge is 0.307 e. The molecule has 1 aliphatic heterocycles. The quantitative estimate of drug-likeness (QED) is 0.563.